The summed E-state index contributed by atoms with van der Waals surface area (Å²) in [5, 5.41) is 10.3. The van der Waals surface area contributed by atoms with Gasteiger partial charge in [0.1, 0.15) is 0 Å². The maximum absolute atomic E-state index is 12.2. The van der Waals surface area contributed by atoms with Crippen molar-refractivity contribution in [1.29, 1.82) is 0 Å². The molecule has 1 saturated heterocycles. The fourth-order valence-corrected chi connectivity index (χ4v) is 3.79. The van der Waals surface area contributed by atoms with Gasteiger partial charge in [-0.1, -0.05) is 30.3 Å². The van der Waals surface area contributed by atoms with E-state index >= 15 is 0 Å². The zero-order valence-corrected chi connectivity index (χ0v) is 15.5. The number of rotatable bonds is 6. The summed E-state index contributed by atoms with van der Waals surface area (Å²) in [4.78, 5) is 17.0. The van der Waals surface area contributed by atoms with Crippen molar-refractivity contribution < 1.29 is 4.79 Å². The molecule has 2 heterocycles. The maximum atomic E-state index is 12.2. The highest BCUT2D eigenvalue weighted by Gasteiger charge is 2.24. The topological polar surface area (TPSA) is 47.6 Å². The van der Waals surface area contributed by atoms with Crippen molar-refractivity contribution in [3.8, 4) is 0 Å². The van der Waals surface area contributed by atoms with Crippen LogP contribution in [0.2, 0.25) is 0 Å². The number of amides is 2. The Morgan fingerprint density at radius 1 is 1.12 bits per heavy atom. The molecular formula is C19H26N4OS. The van der Waals surface area contributed by atoms with Gasteiger partial charge in [0.25, 0.3) is 0 Å². The lowest BCUT2D eigenvalue weighted by Gasteiger charge is -2.38. The van der Waals surface area contributed by atoms with E-state index in [0.717, 1.165) is 31.7 Å². The Morgan fingerprint density at radius 2 is 1.88 bits per heavy atom. The molecule has 0 spiro atoms. The van der Waals surface area contributed by atoms with Crippen LogP contribution in [0.4, 0.5) is 4.79 Å². The molecule has 1 aliphatic rings. The number of urea groups is 1. The van der Waals surface area contributed by atoms with Crippen LogP contribution in [-0.4, -0.2) is 55.6 Å². The Bertz CT molecular complexity index is 639. The Balaban J connectivity index is 1.52. The molecule has 1 aliphatic heterocycles. The van der Waals surface area contributed by atoms with Crippen LogP contribution >= 0.6 is 11.3 Å². The lowest BCUT2D eigenvalue weighted by molar-refractivity contribution is 0.111. The van der Waals surface area contributed by atoms with Crippen molar-refractivity contribution in [1.82, 2.24) is 20.4 Å². The van der Waals surface area contributed by atoms with Gasteiger partial charge in [-0.05, 0) is 35.0 Å². The predicted molar refractivity (Wildman–Crippen MR) is 103 cm³/mol. The van der Waals surface area contributed by atoms with E-state index in [4.69, 9.17) is 0 Å². The van der Waals surface area contributed by atoms with Crippen LogP contribution in [0.3, 0.4) is 0 Å². The van der Waals surface area contributed by atoms with Crippen LogP contribution in [0.5, 0.6) is 0 Å². The van der Waals surface area contributed by atoms with Crippen molar-refractivity contribution in [3.63, 3.8) is 0 Å². The van der Waals surface area contributed by atoms with E-state index in [0.29, 0.717) is 13.1 Å². The molecule has 0 aliphatic carbocycles. The molecule has 2 aromatic rings. The number of nitrogens with zero attached hydrogens (tertiary/aromatic N) is 2. The summed E-state index contributed by atoms with van der Waals surface area (Å²) < 4.78 is 0. The van der Waals surface area contributed by atoms with Crippen LogP contribution in [-0.2, 0) is 6.54 Å². The molecule has 6 heteroatoms. The Labute approximate surface area is 153 Å². The summed E-state index contributed by atoms with van der Waals surface area (Å²) in [6.45, 7) is 5.38. The third kappa shape index (κ3) is 5.29. The van der Waals surface area contributed by atoms with Crippen LogP contribution in [0, 0.1) is 0 Å². The highest BCUT2D eigenvalue weighted by atomic mass is 32.1. The van der Waals surface area contributed by atoms with E-state index in [1.807, 2.05) is 30.3 Å². The van der Waals surface area contributed by atoms with Crippen molar-refractivity contribution in [2.75, 3.05) is 39.8 Å². The zero-order valence-electron chi connectivity index (χ0n) is 14.6. The standard InChI is InChI=1S/C19H26N4OS/c1-22-8-10-23(11-9-22)18(17-7-12-25-15-17)14-21-19(24)20-13-16-5-3-2-4-6-16/h2-7,12,15,18H,8-11,13-14H2,1H3,(H2,20,21,24)/t18-/m0/s1. The molecule has 1 aromatic heterocycles. The van der Waals surface area contributed by atoms with Crippen LogP contribution in [0.1, 0.15) is 17.2 Å². The van der Waals surface area contributed by atoms with Crippen LogP contribution in [0.25, 0.3) is 0 Å². The quantitative estimate of drug-likeness (QED) is 0.834. The summed E-state index contributed by atoms with van der Waals surface area (Å²) in [6.07, 6.45) is 0. The van der Waals surface area contributed by atoms with Crippen molar-refractivity contribution in [2.45, 2.75) is 12.6 Å². The largest absolute Gasteiger partial charge is 0.336 e. The highest BCUT2D eigenvalue weighted by molar-refractivity contribution is 7.07. The van der Waals surface area contributed by atoms with Crippen LogP contribution < -0.4 is 10.6 Å². The number of thiophene rings is 1. The molecule has 25 heavy (non-hydrogen) atoms. The van der Waals surface area contributed by atoms with Gasteiger partial charge in [0, 0.05) is 39.3 Å². The van der Waals surface area contributed by atoms with E-state index in [1.165, 1.54) is 5.56 Å². The number of carbonyl (C=O) groups is 1. The number of hydrogen-bond acceptors (Lipinski definition) is 4. The number of likely N-dealkylation sites (N-methyl/N-ethyl adjacent to an activating group) is 1. The van der Waals surface area contributed by atoms with Crippen molar-refractivity contribution in [3.05, 3.63) is 58.3 Å². The van der Waals surface area contributed by atoms with Gasteiger partial charge in [-0.2, -0.15) is 11.3 Å². The molecule has 3 rings (SSSR count). The number of nitrogens with one attached hydrogen (secondary N) is 2. The monoisotopic (exact) mass is 358 g/mol. The minimum atomic E-state index is -0.113. The lowest BCUT2D eigenvalue weighted by atomic mass is 10.1. The smallest absolute Gasteiger partial charge is 0.315 e. The van der Waals surface area contributed by atoms with E-state index in [2.05, 4.69) is 44.3 Å². The van der Waals surface area contributed by atoms with Gasteiger partial charge in [0.15, 0.2) is 0 Å². The second-order valence-corrected chi connectivity index (χ2v) is 7.24. The molecule has 2 N–H and O–H groups in total. The number of piperazine rings is 1. The zero-order chi connectivity index (χ0) is 17.5. The van der Waals surface area contributed by atoms with Crippen molar-refractivity contribution in [2.24, 2.45) is 0 Å². The van der Waals surface area contributed by atoms with Gasteiger partial charge in [0.2, 0.25) is 0 Å². The maximum Gasteiger partial charge on any atom is 0.315 e. The normalized spacial score (nSPS) is 17.2. The van der Waals surface area contributed by atoms with Gasteiger partial charge in [-0.15, -0.1) is 0 Å². The van der Waals surface area contributed by atoms with Crippen LogP contribution in [0.15, 0.2) is 47.2 Å². The summed E-state index contributed by atoms with van der Waals surface area (Å²) in [5.41, 5.74) is 2.39. The summed E-state index contributed by atoms with van der Waals surface area (Å²) in [6, 6.07) is 12.3. The summed E-state index contributed by atoms with van der Waals surface area (Å²) in [5.74, 6) is 0. The molecular weight excluding hydrogens is 332 g/mol. The molecule has 0 radical (unpaired) electrons. The SMILES string of the molecule is CN1CCN([C@@H](CNC(=O)NCc2ccccc2)c2ccsc2)CC1. The molecule has 0 bridgehead atoms. The first-order valence-electron chi connectivity index (χ1n) is 8.72. The van der Waals surface area contributed by atoms with Crippen molar-refractivity contribution >= 4 is 17.4 Å². The van der Waals surface area contributed by atoms with Gasteiger partial charge in [-0.25, -0.2) is 4.79 Å². The highest BCUT2D eigenvalue weighted by Crippen LogP contribution is 2.23. The molecule has 1 aromatic carbocycles. The van der Waals surface area contributed by atoms with Gasteiger partial charge >= 0.3 is 6.03 Å². The molecule has 5 nitrogen and oxygen atoms in total. The molecule has 0 unspecified atom stereocenters. The number of benzene rings is 1. The van der Waals surface area contributed by atoms with E-state index in [-0.39, 0.29) is 12.1 Å². The Hall–Kier alpha value is -1.89. The molecule has 134 valence electrons. The minimum absolute atomic E-state index is 0.113. The first-order chi connectivity index (χ1) is 12.2. The predicted octanol–water partition coefficient (Wildman–Crippen LogP) is 2.54. The molecule has 1 atom stereocenters. The first kappa shape index (κ1) is 17.9. The second kappa shape index (κ2) is 8.99. The third-order valence-corrected chi connectivity index (χ3v) is 5.36. The Kier molecular flexibility index (Phi) is 6.44. The minimum Gasteiger partial charge on any atom is -0.336 e. The fourth-order valence-electron chi connectivity index (χ4n) is 3.09. The van der Waals surface area contributed by atoms with E-state index in [1.54, 1.807) is 11.3 Å². The third-order valence-electron chi connectivity index (χ3n) is 4.66. The Morgan fingerprint density at radius 3 is 2.56 bits per heavy atom. The van der Waals surface area contributed by atoms with Gasteiger partial charge in [-0.3, -0.25) is 4.90 Å². The number of hydrogen-bond donors (Lipinski definition) is 2. The molecule has 0 saturated carbocycles. The number of carbonyl (C=O) groups excluding carboxylic acids is 1. The van der Waals surface area contributed by atoms with Gasteiger partial charge < -0.3 is 15.5 Å². The summed E-state index contributed by atoms with van der Waals surface area (Å²) in [7, 11) is 2.16. The van der Waals surface area contributed by atoms with E-state index < -0.39 is 0 Å². The average Bonchev–Trinajstić information content (AvgIpc) is 3.17. The average molecular weight is 359 g/mol. The second-order valence-electron chi connectivity index (χ2n) is 6.46. The van der Waals surface area contributed by atoms with E-state index in [9.17, 15) is 4.79 Å². The first-order valence-corrected chi connectivity index (χ1v) is 9.67. The lowest BCUT2D eigenvalue weighted by Crippen LogP contribution is -2.49. The molecule has 1 fully saturated rings. The molecule has 2 amide bonds. The summed E-state index contributed by atoms with van der Waals surface area (Å²) >= 11 is 1.71. The van der Waals surface area contributed by atoms with Gasteiger partial charge in [0.05, 0.1) is 6.04 Å². The fraction of sp³-hybridized carbons (Fsp3) is 0.421.